The highest BCUT2D eigenvalue weighted by Crippen LogP contribution is 2.26. The van der Waals surface area contributed by atoms with E-state index in [1.165, 1.54) is 36.4 Å². The molecule has 0 bridgehead atoms. The van der Waals surface area contributed by atoms with Gasteiger partial charge < -0.3 is 5.32 Å². The summed E-state index contributed by atoms with van der Waals surface area (Å²) in [6, 6.07) is 16.9. The van der Waals surface area contributed by atoms with E-state index >= 15 is 0 Å². The molecule has 0 atom stereocenters. The lowest BCUT2D eigenvalue weighted by atomic mass is 10.1. The maximum Gasteiger partial charge on any atom is 0.274 e. The number of sulfonamides is 1. The molecule has 0 saturated carbocycles. The fourth-order valence-corrected chi connectivity index (χ4v) is 4.03. The average molecular weight is 425 g/mol. The molecular weight excluding hydrogens is 406 g/mol. The zero-order valence-corrected chi connectivity index (χ0v) is 17.1. The van der Waals surface area contributed by atoms with E-state index in [1.54, 1.807) is 44.2 Å². The molecule has 2 N–H and O–H groups in total. The van der Waals surface area contributed by atoms with Crippen molar-refractivity contribution in [3.8, 4) is 0 Å². The number of hydrogen-bond acceptors (Lipinski definition) is 5. The van der Waals surface area contributed by atoms with E-state index in [9.17, 15) is 23.3 Å². The predicted octanol–water partition coefficient (Wildman–Crippen LogP) is 4.26. The van der Waals surface area contributed by atoms with Gasteiger partial charge in [0.2, 0.25) is 0 Å². The molecule has 3 aromatic rings. The van der Waals surface area contributed by atoms with Crippen molar-refractivity contribution in [3.63, 3.8) is 0 Å². The molecule has 0 unspecified atom stereocenters. The predicted molar refractivity (Wildman–Crippen MR) is 114 cm³/mol. The zero-order valence-electron chi connectivity index (χ0n) is 16.2. The molecule has 9 heteroatoms. The van der Waals surface area contributed by atoms with Gasteiger partial charge in [0.25, 0.3) is 21.6 Å². The fourth-order valence-electron chi connectivity index (χ4n) is 2.87. The number of aryl methyl sites for hydroxylation is 1. The number of carbonyl (C=O) groups excluding carboxylic acids is 1. The van der Waals surface area contributed by atoms with Gasteiger partial charge in [-0.2, -0.15) is 0 Å². The van der Waals surface area contributed by atoms with Crippen LogP contribution in [0.3, 0.4) is 0 Å². The Kier molecular flexibility index (Phi) is 5.84. The van der Waals surface area contributed by atoms with Crippen LogP contribution < -0.4 is 10.0 Å². The monoisotopic (exact) mass is 425 g/mol. The van der Waals surface area contributed by atoms with E-state index in [2.05, 4.69) is 10.0 Å². The summed E-state index contributed by atoms with van der Waals surface area (Å²) in [5, 5.41) is 13.7. The SMILES string of the molecule is Cc1cc(C(=O)Nc2cccc([N+](=O)[O-])c2C)ccc1NS(=O)(=O)c1ccccc1. The van der Waals surface area contributed by atoms with Crippen LogP contribution in [0.25, 0.3) is 0 Å². The van der Waals surface area contributed by atoms with Crippen LogP contribution in [0, 0.1) is 24.0 Å². The van der Waals surface area contributed by atoms with Crippen molar-refractivity contribution in [1.29, 1.82) is 0 Å². The summed E-state index contributed by atoms with van der Waals surface area (Å²) in [6.07, 6.45) is 0. The van der Waals surface area contributed by atoms with Gasteiger partial charge in [-0.1, -0.05) is 24.3 Å². The van der Waals surface area contributed by atoms with Crippen LogP contribution in [0.2, 0.25) is 0 Å². The van der Waals surface area contributed by atoms with Gasteiger partial charge >= 0.3 is 0 Å². The van der Waals surface area contributed by atoms with E-state index in [0.29, 0.717) is 28.1 Å². The molecule has 0 radical (unpaired) electrons. The number of carbonyl (C=O) groups is 1. The normalized spacial score (nSPS) is 11.0. The van der Waals surface area contributed by atoms with Gasteiger partial charge in [0.1, 0.15) is 0 Å². The number of nitrogens with one attached hydrogen (secondary N) is 2. The number of nitro groups is 1. The summed E-state index contributed by atoms with van der Waals surface area (Å²) in [4.78, 5) is 23.3. The van der Waals surface area contributed by atoms with Gasteiger partial charge in [-0.3, -0.25) is 19.6 Å². The molecule has 0 aliphatic rings. The second-order valence-electron chi connectivity index (χ2n) is 6.61. The number of benzene rings is 3. The quantitative estimate of drug-likeness (QED) is 0.452. The molecule has 0 aliphatic heterocycles. The van der Waals surface area contributed by atoms with Crippen LogP contribution in [0.1, 0.15) is 21.5 Å². The van der Waals surface area contributed by atoms with E-state index in [1.807, 2.05) is 0 Å². The first kappa shape index (κ1) is 21.0. The molecule has 154 valence electrons. The Balaban J connectivity index is 1.81. The van der Waals surface area contributed by atoms with Crippen LogP contribution in [0.15, 0.2) is 71.6 Å². The van der Waals surface area contributed by atoms with Gasteiger partial charge in [0, 0.05) is 11.6 Å². The van der Waals surface area contributed by atoms with Gasteiger partial charge in [-0.05, 0) is 55.8 Å². The molecule has 0 fully saturated rings. The molecule has 0 spiro atoms. The minimum atomic E-state index is -3.75. The van der Waals surface area contributed by atoms with E-state index in [-0.39, 0.29) is 10.6 Å². The van der Waals surface area contributed by atoms with Crippen molar-refractivity contribution in [2.24, 2.45) is 0 Å². The molecule has 0 heterocycles. The van der Waals surface area contributed by atoms with Crippen molar-refractivity contribution in [3.05, 3.63) is 93.5 Å². The minimum absolute atomic E-state index is 0.0883. The van der Waals surface area contributed by atoms with Crippen molar-refractivity contribution >= 4 is 33.0 Å². The second kappa shape index (κ2) is 8.34. The number of hydrogen-bond donors (Lipinski definition) is 2. The van der Waals surface area contributed by atoms with Gasteiger partial charge in [0.15, 0.2) is 0 Å². The molecular formula is C21H19N3O5S. The summed E-state index contributed by atoms with van der Waals surface area (Å²) in [5.41, 5.74) is 1.79. The maximum absolute atomic E-state index is 12.6. The summed E-state index contributed by atoms with van der Waals surface area (Å²) in [6.45, 7) is 3.23. The summed E-state index contributed by atoms with van der Waals surface area (Å²) < 4.78 is 27.5. The van der Waals surface area contributed by atoms with Gasteiger partial charge in [-0.15, -0.1) is 0 Å². The van der Waals surface area contributed by atoms with Crippen LogP contribution in [0.4, 0.5) is 17.1 Å². The molecule has 0 aromatic heterocycles. The first-order valence-electron chi connectivity index (χ1n) is 8.93. The third kappa shape index (κ3) is 4.47. The number of rotatable bonds is 6. The van der Waals surface area contributed by atoms with Crippen LogP contribution in [-0.4, -0.2) is 19.2 Å². The van der Waals surface area contributed by atoms with Crippen molar-refractivity contribution in [2.45, 2.75) is 18.7 Å². The molecule has 1 amide bonds. The number of anilines is 2. The molecule has 3 aromatic carbocycles. The van der Waals surface area contributed by atoms with E-state index < -0.39 is 20.9 Å². The zero-order chi connectivity index (χ0) is 21.9. The van der Waals surface area contributed by atoms with E-state index in [0.717, 1.165) is 0 Å². The molecule has 3 rings (SSSR count). The summed E-state index contributed by atoms with van der Waals surface area (Å²) in [5.74, 6) is -0.459. The maximum atomic E-state index is 12.6. The Morgan fingerprint density at radius 1 is 0.933 bits per heavy atom. The van der Waals surface area contributed by atoms with Crippen LogP contribution >= 0.6 is 0 Å². The van der Waals surface area contributed by atoms with Crippen LogP contribution in [-0.2, 0) is 10.0 Å². The molecule has 0 saturated heterocycles. The number of nitro benzene ring substituents is 1. The van der Waals surface area contributed by atoms with Gasteiger partial charge in [0.05, 0.1) is 26.8 Å². The lowest BCUT2D eigenvalue weighted by Crippen LogP contribution is -2.16. The highest BCUT2D eigenvalue weighted by molar-refractivity contribution is 7.92. The Bertz CT molecular complexity index is 1220. The highest BCUT2D eigenvalue weighted by atomic mass is 32.2. The van der Waals surface area contributed by atoms with Crippen LogP contribution in [0.5, 0.6) is 0 Å². The average Bonchev–Trinajstić information content (AvgIpc) is 2.71. The Morgan fingerprint density at radius 3 is 2.27 bits per heavy atom. The third-order valence-electron chi connectivity index (χ3n) is 4.54. The second-order valence-corrected chi connectivity index (χ2v) is 8.29. The first-order valence-corrected chi connectivity index (χ1v) is 10.4. The van der Waals surface area contributed by atoms with Crippen molar-refractivity contribution < 1.29 is 18.1 Å². The Morgan fingerprint density at radius 2 is 1.63 bits per heavy atom. The Labute approximate surface area is 173 Å². The van der Waals surface area contributed by atoms with Crippen molar-refractivity contribution in [2.75, 3.05) is 10.0 Å². The lowest BCUT2D eigenvalue weighted by molar-refractivity contribution is -0.385. The molecule has 0 aliphatic carbocycles. The standard InChI is InChI=1S/C21H19N3O5S/c1-14-13-16(21(25)22-19-9-6-10-20(15(19)2)24(26)27)11-12-18(14)23-30(28,29)17-7-4-3-5-8-17/h3-13,23H,1-2H3,(H,22,25). The fraction of sp³-hybridized carbons (Fsp3) is 0.0952. The first-order chi connectivity index (χ1) is 14.2. The third-order valence-corrected chi connectivity index (χ3v) is 5.92. The molecule has 30 heavy (non-hydrogen) atoms. The largest absolute Gasteiger partial charge is 0.321 e. The Hall–Kier alpha value is -3.72. The lowest BCUT2D eigenvalue weighted by Gasteiger charge is -2.13. The highest BCUT2D eigenvalue weighted by Gasteiger charge is 2.18. The van der Waals surface area contributed by atoms with E-state index in [4.69, 9.17) is 0 Å². The minimum Gasteiger partial charge on any atom is -0.321 e. The van der Waals surface area contributed by atoms with Gasteiger partial charge in [-0.25, -0.2) is 8.42 Å². The molecule has 8 nitrogen and oxygen atoms in total. The smallest absolute Gasteiger partial charge is 0.274 e. The number of nitrogens with zero attached hydrogens (tertiary/aromatic N) is 1. The van der Waals surface area contributed by atoms with Crippen molar-refractivity contribution in [1.82, 2.24) is 0 Å². The topological polar surface area (TPSA) is 118 Å². The summed E-state index contributed by atoms with van der Waals surface area (Å²) >= 11 is 0. The number of amides is 1. The summed E-state index contributed by atoms with van der Waals surface area (Å²) in [7, 11) is -3.75.